The predicted octanol–water partition coefficient (Wildman–Crippen LogP) is 3.72. The Labute approximate surface area is 167 Å². The van der Waals surface area contributed by atoms with Gasteiger partial charge in [-0.1, -0.05) is 55.3 Å². The molecule has 1 amide bonds. The molecule has 0 bridgehead atoms. The van der Waals surface area contributed by atoms with Crippen molar-refractivity contribution >= 4 is 15.9 Å². The number of hydrogen-bond acceptors (Lipinski definition) is 3. The lowest BCUT2D eigenvalue weighted by atomic mass is 10.1. The minimum Gasteiger partial charge on any atom is -0.353 e. The molecule has 5 nitrogen and oxygen atoms in total. The van der Waals surface area contributed by atoms with E-state index in [1.165, 1.54) is 12.8 Å². The van der Waals surface area contributed by atoms with E-state index in [9.17, 15) is 13.2 Å². The summed E-state index contributed by atoms with van der Waals surface area (Å²) in [6, 6.07) is 16.2. The standard InChI is InChI=1S/C22H28N2O3S/c1-17(19-7-3-2-4-8-19)24-28(26,27)21-14-11-18(12-15-21)13-16-22(25)23-20-9-5-6-10-20/h2-4,7-8,11-12,14-15,17,20,24H,5-6,9-10,13,16H2,1H3,(H,23,25)/t17-/m0/s1. The van der Waals surface area contributed by atoms with E-state index in [4.69, 9.17) is 0 Å². The lowest BCUT2D eigenvalue weighted by molar-refractivity contribution is -0.121. The van der Waals surface area contributed by atoms with E-state index in [1.807, 2.05) is 37.3 Å². The Balaban J connectivity index is 1.54. The number of rotatable bonds is 8. The van der Waals surface area contributed by atoms with Gasteiger partial charge < -0.3 is 5.32 Å². The van der Waals surface area contributed by atoms with Gasteiger partial charge in [-0.2, -0.15) is 0 Å². The molecule has 0 saturated heterocycles. The molecule has 1 atom stereocenters. The molecule has 150 valence electrons. The van der Waals surface area contributed by atoms with E-state index in [0.29, 0.717) is 18.9 Å². The number of aryl methyl sites for hydroxylation is 1. The summed E-state index contributed by atoms with van der Waals surface area (Å²) < 4.78 is 27.9. The second-order valence-electron chi connectivity index (χ2n) is 7.45. The fourth-order valence-electron chi connectivity index (χ4n) is 3.57. The maximum atomic E-state index is 12.6. The van der Waals surface area contributed by atoms with Gasteiger partial charge in [-0.15, -0.1) is 0 Å². The topological polar surface area (TPSA) is 75.3 Å². The SMILES string of the molecule is C[C@H](NS(=O)(=O)c1ccc(CCC(=O)NC2CCCC2)cc1)c1ccccc1. The summed E-state index contributed by atoms with van der Waals surface area (Å²) in [5.74, 6) is 0.0713. The zero-order valence-electron chi connectivity index (χ0n) is 16.2. The molecule has 0 heterocycles. The highest BCUT2D eigenvalue weighted by Crippen LogP contribution is 2.19. The summed E-state index contributed by atoms with van der Waals surface area (Å²) >= 11 is 0. The first-order valence-electron chi connectivity index (χ1n) is 9.89. The van der Waals surface area contributed by atoms with E-state index >= 15 is 0 Å². The number of hydrogen-bond donors (Lipinski definition) is 2. The Morgan fingerprint density at radius 1 is 1.04 bits per heavy atom. The Hall–Kier alpha value is -2.18. The van der Waals surface area contributed by atoms with Gasteiger partial charge in [0.15, 0.2) is 0 Å². The minimum atomic E-state index is -3.60. The summed E-state index contributed by atoms with van der Waals surface area (Å²) in [4.78, 5) is 12.3. The van der Waals surface area contributed by atoms with Crippen LogP contribution in [0.25, 0.3) is 0 Å². The molecule has 0 unspecified atom stereocenters. The molecular formula is C22H28N2O3S. The molecule has 28 heavy (non-hydrogen) atoms. The molecule has 2 aromatic rings. The molecule has 1 aliphatic carbocycles. The Morgan fingerprint density at radius 2 is 1.68 bits per heavy atom. The number of benzene rings is 2. The van der Waals surface area contributed by atoms with E-state index in [-0.39, 0.29) is 16.8 Å². The molecule has 2 aromatic carbocycles. The first-order chi connectivity index (χ1) is 13.4. The molecule has 0 radical (unpaired) electrons. The number of sulfonamides is 1. The molecule has 6 heteroatoms. The van der Waals surface area contributed by atoms with Gasteiger partial charge in [0.05, 0.1) is 4.90 Å². The van der Waals surface area contributed by atoms with Gasteiger partial charge in [0.1, 0.15) is 0 Å². The summed E-state index contributed by atoms with van der Waals surface area (Å²) in [5.41, 5.74) is 1.87. The fraction of sp³-hybridized carbons (Fsp3) is 0.409. The number of carbonyl (C=O) groups is 1. The number of nitrogens with one attached hydrogen (secondary N) is 2. The maximum Gasteiger partial charge on any atom is 0.241 e. The van der Waals surface area contributed by atoms with Crippen LogP contribution in [-0.4, -0.2) is 20.4 Å². The van der Waals surface area contributed by atoms with Gasteiger partial charge in [-0.25, -0.2) is 13.1 Å². The largest absolute Gasteiger partial charge is 0.353 e. The number of carbonyl (C=O) groups excluding carboxylic acids is 1. The molecular weight excluding hydrogens is 372 g/mol. The van der Waals surface area contributed by atoms with Gasteiger partial charge in [0, 0.05) is 18.5 Å². The molecule has 1 fully saturated rings. The van der Waals surface area contributed by atoms with Crippen molar-refractivity contribution in [2.45, 2.75) is 62.4 Å². The highest BCUT2D eigenvalue weighted by molar-refractivity contribution is 7.89. The first-order valence-corrected chi connectivity index (χ1v) is 11.4. The molecule has 1 saturated carbocycles. The molecule has 0 spiro atoms. The first kappa shape index (κ1) is 20.6. The van der Waals surface area contributed by atoms with Crippen molar-refractivity contribution in [3.8, 4) is 0 Å². The van der Waals surface area contributed by atoms with Crippen LogP contribution in [0.4, 0.5) is 0 Å². The molecule has 0 aliphatic heterocycles. The van der Waals surface area contributed by atoms with Crippen molar-refractivity contribution in [3.05, 3.63) is 65.7 Å². The van der Waals surface area contributed by atoms with Crippen molar-refractivity contribution in [2.24, 2.45) is 0 Å². The summed E-state index contributed by atoms with van der Waals surface area (Å²) in [6.07, 6.45) is 5.56. The molecule has 0 aromatic heterocycles. The maximum absolute atomic E-state index is 12.6. The lowest BCUT2D eigenvalue weighted by Gasteiger charge is -2.15. The second kappa shape index (κ2) is 9.34. The van der Waals surface area contributed by atoms with Crippen LogP contribution in [0.15, 0.2) is 59.5 Å². The molecule has 2 N–H and O–H groups in total. The van der Waals surface area contributed by atoms with Crippen LogP contribution in [0, 0.1) is 0 Å². The Kier molecular flexibility index (Phi) is 6.86. The fourth-order valence-corrected chi connectivity index (χ4v) is 4.81. The van der Waals surface area contributed by atoms with Gasteiger partial charge in [0.25, 0.3) is 0 Å². The van der Waals surface area contributed by atoms with Crippen LogP contribution in [0.1, 0.15) is 56.2 Å². The second-order valence-corrected chi connectivity index (χ2v) is 9.16. The molecule has 1 aliphatic rings. The van der Waals surface area contributed by atoms with Crippen molar-refractivity contribution in [1.82, 2.24) is 10.0 Å². The van der Waals surface area contributed by atoms with Gasteiger partial charge in [0.2, 0.25) is 15.9 Å². The molecule has 3 rings (SSSR count). The van der Waals surface area contributed by atoms with E-state index in [0.717, 1.165) is 24.0 Å². The predicted molar refractivity (Wildman–Crippen MR) is 110 cm³/mol. The van der Waals surface area contributed by atoms with Crippen LogP contribution in [0.5, 0.6) is 0 Å². The van der Waals surface area contributed by atoms with E-state index < -0.39 is 10.0 Å². The minimum absolute atomic E-state index is 0.0713. The van der Waals surface area contributed by atoms with Crippen molar-refractivity contribution in [1.29, 1.82) is 0 Å². The van der Waals surface area contributed by atoms with Crippen LogP contribution in [-0.2, 0) is 21.2 Å². The van der Waals surface area contributed by atoms with Gasteiger partial charge in [-0.05, 0) is 49.4 Å². The average molecular weight is 401 g/mol. The summed E-state index contributed by atoms with van der Waals surface area (Å²) in [6.45, 7) is 1.82. The van der Waals surface area contributed by atoms with Crippen LogP contribution in [0.2, 0.25) is 0 Å². The highest BCUT2D eigenvalue weighted by atomic mass is 32.2. The van der Waals surface area contributed by atoms with Gasteiger partial charge >= 0.3 is 0 Å². The number of amides is 1. The van der Waals surface area contributed by atoms with E-state index in [1.54, 1.807) is 24.3 Å². The zero-order chi connectivity index (χ0) is 20.0. The summed E-state index contributed by atoms with van der Waals surface area (Å²) in [7, 11) is -3.60. The van der Waals surface area contributed by atoms with E-state index in [2.05, 4.69) is 10.0 Å². The lowest BCUT2D eigenvalue weighted by Crippen LogP contribution is -2.32. The van der Waals surface area contributed by atoms with Crippen molar-refractivity contribution in [3.63, 3.8) is 0 Å². The third-order valence-corrected chi connectivity index (χ3v) is 6.78. The zero-order valence-corrected chi connectivity index (χ0v) is 17.0. The normalized spacial score (nSPS) is 16.0. The van der Waals surface area contributed by atoms with Crippen molar-refractivity contribution in [2.75, 3.05) is 0 Å². The van der Waals surface area contributed by atoms with Crippen LogP contribution < -0.4 is 10.0 Å². The van der Waals surface area contributed by atoms with Crippen LogP contribution >= 0.6 is 0 Å². The Morgan fingerprint density at radius 3 is 2.32 bits per heavy atom. The summed E-state index contributed by atoms with van der Waals surface area (Å²) in [5, 5.41) is 3.08. The van der Waals surface area contributed by atoms with Crippen LogP contribution in [0.3, 0.4) is 0 Å². The highest BCUT2D eigenvalue weighted by Gasteiger charge is 2.19. The van der Waals surface area contributed by atoms with Gasteiger partial charge in [-0.3, -0.25) is 4.79 Å². The third kappa shape index (κ3) is 5.66. The monoisotopic (exact) mass is 400 g/mol. The smallest absolute Gasteiger partial charge is 0.241 e. The quantitative estimate of drug-likeness (QED) is 0.709. The Bertz CT molecular complexity index is 874. The van der Waals surface area contributed by atoms with Crippen molar-refractivity contribution < 1.29 is 13.2 Å². The average Bonchev–Trinajstić information content (AvgIpc) is 3.20. The third-order valence-electron chi connectivity index (χ3n) is 5.23.